The van der Waals surface area contributed by atoms with Gasteiger partial charge in [-0.1, -0.05) is 20.3 Å². The lowest BCUT2D eigenvalue weighted by Gasteiger charge is -2.37. The molecule has 1 nitrogen and oxygen atoms in total. The molecule has 0 aromatic rings. The summed E-state index contributed by atoms with van der Waals surface area (Å²) in [6.07, 6.45) is 5.95. The second-order valence-electron chi connectivity index (χ2n) is 4.32. The van der Waals surface area contributed by atoms with Crippen LogP contribution < -0.4 is 0 Å². The highest BCUT2D eigenvalue weighted by Crippen LogP contribution is 2.49. The molecular weight excluding hydrogens is 146 g/mol. The van der Waals surface area contributed by atoms with E-state index < -0.39 is 0 Å². The molecule has 12 heavy (non-hydrogen) atoms. The van der Waals surface area contributed by atoms with Gasteiger partial charge in [0, 0.05) is 12.6 Å². The molecule has 1 saturated heterocycles. The van der Waals surface area contributed by atoms with Crippen LogP contribution >= 0.6 is 0 Å². The molecule has 0 amide bonds. The Morgan fingerprint density at radius 1 is 1.25 bits per heavy atom. The largest absolute Gasteiger partial charge is 0.303 e. The Bertz CT molecular complexity index is 126. The third-order valence-electron chi connectivity index (χ3n) is 3.48. The van der Waals surface area contributed by atoms with Crippen molar-refractivity contribution >= 4 is 0 Å². The fraction of sp³-hybridized carbons (Fsp3) is 1.00. The van der Waals surface area contributed by atoms with E-state index in [2.05, 4.69) is 18.9 Å². The molecule has 2 fully saturated rings. The zero-order valence-corrected chi connectivity index (χ0v) is 9.06. The van der Waals surface area contributed by atoms with Gasteiger partial charge in [-0.05, 0) is 38.6 Å². The van der Waals surface area contributed by atoms with Crippen LogP contribution in [-0.4, -0.2) is 24.5 Å². The first-order valence-electron chi connectivity index (χ1n) is 5.42. The van der Waals surface area contributed by atoms with E-state index in [4.69, 9.17) is 0 Å². The van der Waals surface area contributed by atoms with Crippen molar-refractivity contribution in [3.8, 4) is 0 Å². The molecule has 1 aliphatic heterocycles. The van der Waals surface area contributed by atoms with Crippen LogP contribution in [0.1, 0.15) is 46.5 Å². The first-order valence-corrected chi connectivity index (χ1v) is 5.42. The van der Waals surface area contributed by atoms with Gasteiger partial charge in [0.05, 0.1) is 0 Å². The molecule has 2 aliphatic rings. The minimum Gasteiger partial charge on any atom is -0.303 e. The SMILES string of the molecule is CC.CC1CC2(CCC2)CN1C. The Morgan fingerprint density at radius 3 is 2.00 bits per heavy atom. The molecule has 1 heterocycles. The van der Waals surface area contributed by atoms with E-state index >= 15 is 0 Å². The minimum atomic E-state index is 0.786. The third-order valence-corrected chi connectivity index (χ3v) is 3.48. The zero-order chi connectivity index (χ0) is 9.19. The average Bonchev–Trinajstić information content (AvgIpc) is 2.32. The molecule has 0 bridgehead atoms. The van der Waals surface area contributed by atoms with Gasteiger partial charge in [-0.15, -0.1) is 0 Å². The zero-order valence-electron chi connectivity index (χ0n) is 9.06. The van der Waals surface area contributed by atoms with Crippen molar-refractivity contribution in [2.45, 2.75) is 52.5 Å². The van der Waals surface area contributed by atoms with Crippen molar-refractivity contribution in [1.82, 2.24) is 4.90 Å². The number of hydrogen-bond donors (Lipinski definition) is 0. The van der Waals surface area contributed by atoms with Crippen molar-refractivity contribution in [3.05, 3.63) is 0 Å². The van der Waals surface area contributed by atoms with E-state index in [1.165, 1.54) is 32.2 Å². The fourth-order valence-corrected chi connectivity index (χ4v) is 2.57. The summed E-state index contributed by atoms with van der Waals surface area (Å²) in [6, 6.07) is 0.847. The summed E-state index contributed by atoms with van der Waals surface area (Å²) >= 11 is 0. The lowest BCUT2D eigenvalue weighted by molar-refractivity contribution is 0.145. The van der Waals surface area contributed by atoms with Crippen LogP contribution in [0.15, 0.2) is 0 Å². The second-order valence-corrected chi connectivity index (χ2v) is 4.32. The molecule has 1 heteroatoms. The number of rotatable bonds is 0. The van der Waals surface area contributed by atoms with Gasteiger partial charge >= 0.3 is 0 Å². The molecule has 1 atom stereocenters. The smallest absolute Gasteiger partial charge is 0.00698 e. The summed E-state index contributed by atoms with van der Waals surface area (Å²) < 4.78 is 0. The van der Waals surface area contributed by atoms with Crippen molar-refractivity contribution < 1.29 is 0 Å². The van der Waals surface area contributed by atoms with Crippen LogP contribution in [0.3, 0.4) is 0 Å². The first kappa shape index (κ1) is 10.0. The topological polar surface area (TPSA) is 3.24 Å². The van der Waals surface area contributed by atoms with Crippen LogP contribution in [0.25, 0.3) is 0 Å². The number of hydrogen-bond acceptors (Lipinski definition) is 1. The summed E-state index contributed by atoms with van der Waals surface area (Å²) in [5, 5.41) is 0. The first-order chi connectivity index (χ1) is 5.72. The quantitative estimate of drug-likeness (QED) is 0.539. The maximum atomic E-state index is 2.51. The second kappa shape index (κ2) is 3.78. The van der Waals surface area contributed by atoms with E-state index in [0.717, 1.165) is 11.5 Å². The molecule has 1 unspecified atom stereocenters. The predicted octanol–water partition coefficient (Wildman–Crippen LogP) is 2.91. The van der Waals surface area contributed by atoms with Gasteiger partial charge in [-0.25, -0.2) is 0 Å². The van der Waals surface area contributed by atoms with Gasteiger partial charge in [0.25, 0.3) is 0 Å². The third kappa shape index (κ3) is 1.66. The standard InChI is InChI=1S/C9H17N.C2H6/c1-8-6-9(4-3-5-9)7-10(8)2;1-2/h8H,3-7H2,1-2H3;1-2H3. The summed E-state index contributed by atoms with van der Waals surface area (Å²) in [7, 11) is 2.26. The molecule has 2 rings (SSSR count). The number of likely N-dealkylation sites (tertiary alicyclic amines) is 1. The lowest BCUT2D eigenvalue weighted by Crippen LogP contribution is -2.31. The molecule has 0 aromatic heterocycles. The van der Waals surface area contributed by atoms with Crippen LogP contribution in [0.2, 0.25) is 0 Å². The summed E-state index contributed by atoms with van der Waals surface area (Å²) in [6.45, 7) is 7.72. The Morgan fingerprint density at radius 2 is 1.83 bits per heavy atom. The highest BCUT2D eigenvalue weighted by atomic mass is 15.2. The fourth-order valence-electron chi connectivity index (χ4n) is 2.57. The van der Waals surface area contributed by atoms with E-state index in [1.54, 1.807) is 0 Å². The molecule has 1 saturated carbocycles. The maximum Gasteiger partial charge on any atom is 0.00698 e. The van der Waals surface area contributed by atoms with Crippen LogP contribution in [0, 0.1) is 5.41 Å². The van der Waals surface area contributed by atoms with E-state index in [9.17, 15) is 0 Å². The van der Waals surface area contributed by atoms with E-state index in [0.29, 0.717) is 0 Å². The van der Waals surface area contributed by atoms with Crippen LogP contribution in [0.5, 0.6) is 0 Å². The summed E-state index contributed by atoms with van der Waals surface area (Å²) in [5.41, 5.74) is 0.786. The Labute approximate surface area is 77.1 Å². The summed E-state index contributed by atoms with van der Waals surface area (Å²) in [5.74, 6) is 0. The average molecular weight is 169 g/mol. The van der Waals surface area contributed by atoms with Crippen LogP contribution in [0.4, 0.5) is 0 Å². The van der Waals surface area contributed by atoms with Crippen molar-refractivity contribution in [2.75, 3.05) is 13.6 Å². The molecule has 0 radical (unpaired) electrons. The molecule has 1 spiro atoms. The van der Waals surface area contributed by atoms with Gasteiger partial charge in [0.1, 0.15) is 0 Å². The van der Waals surface area contributed by atoms with Crippen LogP contribution in [-0.2, 0) is 0 Å². The van der Waals surface area contributed by atoms with E-state index in [-0.39, 0.29) is 0 Å². The monoisotopic (exact) mass is 169 g/mol. The Kier molecular flexibility index (Phi) is 3.16. The normalized spacial score (nSPS) is 32.5. The number of nitrogens with zero attached hydrogens (tertiary/aromatic N) is 1. The molecule has 72 valence electrons. The Balaban J connectivity index is 0.000000336. The van der Waals surface area contributed by atoms with Gasteiger partial charge < -0.3 is 4.90 Å². The van der Waals surface area contributed by atoms with Crippen molar-refractivity contribution in [1.29, 1.82) is 0 Å². The summed E-state index contributed by atoms with van der Waals surface area (Å²) in [4.78, 5) is 2.51. The van der Waals surface area contributed by atoms with Gasteiger partial charge in [-0.2, -0.15) is 0 Å². The molecule has 1 aliphatic carbocycles. The highest BCUT2D eigenvalue weighted by molar-refractivity contribution is 4.97. The lowest BCUT2D eigenvalue weighted by atomic mass is 9.68. The molecule has 0 aromatic carbocycles. The van der Waals surface area contributed by atoms with Gasteiger partial charge in [0.2, 0.25) is 0 Å². The van der Waals surface area contributed by atoms with Gasteiger partial charge in [0.15, 0.2) is 0 Å². The van der Waals surface area contributed by atoms with E-state index in [1.807, 2.05) is 13.8 Å². The van der Waals surface area contributed by atoms with Crippen molar-refractivity contribution in [2.24, 2.45) is 5.41 Å². The van der Waals surface area contributed by atoms with Crippen molar-refractivity contribution in [3.63, 3.8) is 0 Å². The molecular formula is C11H23N. The van der Waals surface area contributed by atoms with Gasteiger partial charge in [-0.3, -0.25) is 0 Å². The predicted molar refractivity (Wildman–Crippen MR) is 54.3 cm³/mol. The minimum absolute atomic E-state index is 0.786. The maximum absolute atomic E-state index is 2.51. The molecule has 0 N–H and O–H groups in total. The highest BCUT2D eigenvalue weighted by Gasteiger charge is 2.44. The Hall–Kier alpha value is -0.0400.